The first kappa shape index (κ1) is 15.9. The van der Waals surface area contributed by atoms with Crippen molar-refractivity contribution in [2.24, 2.45) is 5.41 Å². The van der Waals surface area contributed by atoms with Gasteiger partial charge in [0.05, 0.1) is 0 Å². The molecular weight excluding hydrogens is 196 g/mol. The highest BCUT2D eigenvalue weighted by Gasteiger charge is 2.25. The zero-order valence-electron chi connectivity index (χ0n) is 12.3. The van der Waals surface area contributed by atoms with E-state index >= 15 is 0 Å². The molecule has 0 aromatic rings. The number of hydrogen-bond acceptors (Lipinski definition) is 2. The summed E-state index contributed by atoms with van der Waals surface area (Å²) in [4.78, 5) is 2.52. The summed E-state index contributed by atoms with van der Waals surface area (Å²) < 4.78 is 0. The number of rotatable bonds is 9. The molecule has 0 aliphatic heterocycles. The third-order valence-electron chi connectivity index (χ3n) is 3.55. The van der Waals surface area contributed by atoms with Gasteiger partial charge in [-0.25, -0.2) is 0 Å². The predicted molar refractivity (Wildman–Crippen MR) is 73.9 cm³/mol. The molecule has 2 atom stereocenters. The SMILES string of the molecule is CCCC(C)N(C)CC(C)(CCC)CNC. The summed E-state index contributed by atoms with van der Waals surface area (Å²) in [5.74, 6) is 0. The second-order valence-electron chi connectivity index (χ2n) is 5.64. The molecule has 0 saturated carbocycles. The smallest absolute Gasteiger partial charge is 0.00640 e. The highest BCUT2D eigenvalue weighted by molar-refractivity contribution is 4.80. The molecule has 2 nitrogen and oxygen atoms in total. The number of nitrogens with zero attached hydrogens (tertiary/aromatic N) is 1. The Bertz CT molecular complexity index is 162. The fourth-order valence-corrected chi connectivity index (χ4v) is 2.65. The maximum atomic E-state index is 3.34. The van der Waals surface area contributed by atoms with Crippen molar-refractivity contribution in [2.75, 3.05) is 27.2 Å². The van der Waals surface area contributed by atoms with Gasteiger partial charge >= 0.3 is 0 Å². The first-order valence-corrected chi connectivity index (χ1v) is 6.84. The summed E-state index contributed by atoms with van der Waals surface area (Å²) in [6.45, 7) is 11.6. The second-order valence-corrected chi connectivity index (χ2v) is 5.64. The van der Waals surface area contributed by atoms with Gasteiger partial charge in [0.1, 0.15) is 0 Å². The van der Waals surface area contributed by atoms with E-state index in [9.17, 15) is 0 Å². The van der Waals surface area contributed by atoms with Gasteiger partial charge in [0.25, 0.3) is 0 Å². The van der Waals surface area contributed by atoms with Gasteiger partial charge in [0.15, 0.2) is 0 Å². The largest absolute Gasteiger partial charge is 0.319 e. The Labute approximate surface area is 103 Å². The van der Waals surface area contributed by atoms with Gasteiger partial charge in [-0.3, -0.25) is 0 Å². The summed E-state index contributed by atoms with van der Waals surface area (Å²) in [6, 6.07) is 0.707. The van der Waals surface area contributed by atoms with Crippen LogP contribution < -0.4 is 5.32 Å². The Morgan fingerprint density at radius 1 is 1.25 bits per heavy atom. The van der Waals surface area contributed by atoms with E-state index in [4.69, 9.17) is 0 Å². The summed E-state index contributed by atoms with van der Waals surface area (Å²) in [5, 5.41) is 3.34. The average Bonchev–Trinajstić information content (AvgIpc) is 2.18. The lowest BCUT2D eigenvalue weighted by Crippen LogP contribution is -2.43. The van der Waals surface area contributed by atoms with Crippen LogP contribution in [-0.2, 0) is 0 Å². The Kier molecular flexibility index (Phi) is 8.04. The minimum atomic E-state index is 0.417. The second kappa shape index (κ2) is 8.08. The van der Waals surface area contributed by atoms with Crippen LogP contribution >= 0.6 is 0 Å². The van der Waals surface area contributed by atoms with Crippen molar-refractivity contribution in [1.82, 2.24) is 10.2 Å². The lowest BCUT2D eigenvalue weighted by atomic mass is 9.84. The van der Waals surface area contributed by atoms with E-state index in [-0.39, 0.29) is 0 Å². The average molecular weight is 228 g/mol. The first-order valence-electron chi connectivity index (χ1n) is 6.84. The van der Waals surface area contributed by atoms with E-state index in [0.29, 0.717) is 11.5 Å². The molecule has 0 heterocycles. The van der Waals surface area contributed by atoms with E-state index in [1.807, 2.05) is 0 Å². The van der Waals surface area contributed by atoms with Crippen molar-refractivity contribution in [3.63, 3.8) is 0 Å². The van der Waals surface area contributed by atoms with Gasteiger partial charge in [0, 0.05) is 19.1 Å². The van der Waals surface area contributed by atoms with Gasteiger partial charge in [-0.1, -0.05) is 33.6 Å². The van der Waals surface area contributed by atoms with Gasteiger partial charge in [-0.2, -0.15) is 0 Å². The van der Waals surface area contributed by atoms with E-state index in [1.54, 1.807) is 0 Å². The molecule has 0 amide bonds. The lowest BCUT2D eigenvalue weighted by molar-refractivity contribution is 0.139. The number of nitrogens with one attached hydrogen (secondary N) is 1. The third-order valence-corrected chi connectivity index (χ3v) is 3.55. The van der Waals surface area contributed by atoms with Crippen LogP contribution in [0.3, 0.4) is 0 Å². The molecule has 0 aliphatic carbocycles. The van der Waals surface area contributed by atoms with E-state index in [0.717, 1.165) is 6.54 Å². The summed E-state index contributed by atoms with van der Waals surface area (Å²) >= 11 is 0. The Morgan fingerprint density at radius 3 is 2.31 bits per heavy atom. The maximum absolute atomic E-state index is 3.34. The van der Waals surface area contributed by atoms with Crippen LogP contribution in [0.15, 0.2) is 0 Å². The van der Waals surface area contributed by atoms with Crippen LogP contribution in [-0.4, -0.2) is 38.1 Å². The van der Waals surface area contributed by atoms with Crippen molar-refractivity contribution in [3.05, 3.63) is 0 Å². The first-order chi connectivity index (χ1) is 7.49. The molecular formula is C14H32N2. The topological polar surface area (TPSA) is 15.3 Å². The fraction of sp³-hybridized carbons (Fsp3) is 1.00. The molecule has 0 spiro atoms. The molecule has 0 saturated heterocycles. The Morgan fingerprint density at radius 2 is 1.88 bits per heavy atom. The molecule has 2 unspecified atom stereocenters. The molecule has 98 valence electrons. The van der Waals surface area contributed by atoms with Crippen molar-refractivity contribution in [1.29, 1.82) is 0 Å². The van der Waals surface area contributed by atoms with Crippen LogP contribution in [0.1, 0.15) is 53.4 Å². The predicted octanol–water partition coefficient (Wildman–Crippen LogP) is 3.13. The quantitative estimate of drug-likeness (QED) is 0.652. The fourth-order valence-electron chi connectivity index (χ4n) is 2.65. The molecule has 0 aromatic heterocycles. The van der Waals surface area contributed by atoms with E-state index in [1.165, 1.54) is 32.2 Å². The van der Waals surface area contributed by atoms with Crippen molar-refractivity contribution in [2.45, 2.75) is 59.4 Å². The van der Waals surface area contributed by atoms with Crippen molar-refractivity contribution < 1.29 is 0 Å². The number of hydrogen-bond donors (Lipinski definition) is 1. The Balaban J connectivity index is 4.26. The third kappa shape index (κ3) is 5.86. The highest BCUT2D eigenvalue weighted by Crippen LogP contribution is 2.24. The van der Waals surface area contributed by atoms with E-state index < -0.39 is 0 Å². The van der Waals surface area contributed by atoms with Gasteiger partial charge in [-0.05, 0) is 39.3 Å². The molecule has 0 radical (unpaired) electrons. The summed E-state index contributed by atoms with van der Waals surface area (Å²) in [7, 11) is 4.33. The normalized spacial score (nSPS) is 17.4. The molecule has 0 rings (SSSR count). The Hall–Kier alpha value is -0.0800. The minimum absolute atomic E-state index is 0.417. The van der Waals surface area contributed by atoms with Crippen LogP contribution in [0.5, 0.6) is 0 Å². The van der Waals surface area contributed by atoms with E-state index in [2.05, 4.69) is 52.0 Å². The van der Waals surface area contributed by atoms with Crippen LogP contribution in [0.25, 0.3) is 0 Å². The van der Waals surface area contributed by atoms with Crippen LogP contribution in [0, 0.1) is 5.41 Å². The molecule has 2 heteroatoms. The summed E-state index contributed by atoms with van der Waals surface area (Å²) in [5.41, 5.74) is 0.417. The van der Waals surface area contributed by atoms with Crippen LogP contribution in [0.4, 0.5) is 0 Å². The zero-order valence-corrected chi connectivity index (χ0v) is 12.3. The molecule has 0 bridgehead atoms. The summed E-state index contributed by atoms with van der Waals surface area (Å²) in [6.07, 6.45) is 5.16. The monoisotopic (exact) mass is 228 g/mol. The molecule has 0 aliphatic rings. The van der Waals surface area contributed by atoms with Gasteiger partial charge in [-0.15, -0.1) is 0 Å². The standard InChI is InChI=1S/C14H32N2/c1-7-9-13(3)16(6)12-14(4,10-8-2)11-15-5/h13,15H,7-12H2,1-6H3. The lowest BCUT2D eigenvalue weighted by Gasteiger charge is -2.36. The minimum Gasteiger partial charge on any atom is -0.319 e. The molecule has 16 heavy (non-hydrogen) atoms. The van der Waals surface area contributed by atoms with Gasteiger partial charge in [0.2, 0.25) is 0 Å². The highest BCUT2D eigenvalue weighted by atomic mass is 15.1. The molecule has 1 N–H and O–H groups in total. The van der Waals surface area contributed by atoms with Crippen molar-refractivity contribution >= 4 is 0 Å². The van der Waals surface area contributed by atoms with Crippen LogP contribution in [0.2, 0.25) is 0 Å². The zero-order chi connectivity index (χ0) is 12.6. The maximum Gasteiger partial charge on any atom is 0.00640 e. The molecule has 0 fully saturated rings. The van der Waals surface area contributed by atoms with Crippen molar-refractivity contribution in [3.8, 4) is 0 Å². The molecule has 0 aromatic carbocycles. The van der Waals surface area contributed by atoms with Gasteiger partial charge < -0.3 is 10.2 Å².